The van der Waals surface area contributed by atoms with E-state index >= 15 is 0 Å². The lowest BCUT2D eigenvalue weighted by Gasteiger charge is -2.05. The quantitative estimate of drug-likeness (QED) is 0.354. The predicted octanol–water partition coefficient (Wildman–Crippen LogP) is -2.40. The number of carboxylic acid groups (broad SMARTS) is 2. The standard InChI is InChI=1S/C5H8N2O5/c6-2(4(9)10)1-7-3(8)5(11)12/h2H,1,6H2,(H,7,8)(H,9,10)(H,11,12). The second kappa shape index (κ2) is 4.29. The highest BCUT2D eigenvalue weighted by molar-refractivity contribution is 6.31. The number of rotatable bonds is 3. The SMILES string of the molecule is NC(CNC(=O)C(=O)O)C(=O)O. The number of carbonyl (C=O) groups excluding carboxylic acids is 1. The molecule has 7 heteroatoms. The van der Waals surface area contributed by atoms with Gasteiger partial charge in [-0.05, 0) is 0 Å². The Morgan fingerprint density at radius 1 is 1.33 bits per heavy atom. The van der Waals surface area contributed by atoms with Crippen LogP contribution < -0.4 is 11.1 Å². The number of carboxylic acids is 2. The van der Waals surface area contributed by atoms with Crippen LogP contribution in [0.15, 0.2) is 0 Å². The molecule has 0 aliphatic rings. The zero-order valence-corrected chi connectivity index (χ0v) is 5.98. The summed E-state index contributed by atoms with van der Waals surface area (Å²) in [7, 11) is 0. The smallest absolute Gasteiger partial charge is 0.394 e. The summed E-state index contributed by atoms with van der Waals surface area (Å²) in [4.78, 5) is 30.3. The molecule has 1 atom stereocenters. The number of nitrogens with two attached hydrogens (primary N) is 1. The molecule has 0 aliphatic heterocycles. The van der Waals surface area contributed by atoms with Crippen LogP contribution in [-0.2, 0) is 14.4 Å². The molecule has 0 aromatic rings. The Balaban J connectivity index is 3.76. The van der Waals surface area contributed by atoms with E-state index in [9.17, 15) is 14.4 Å². The molecule has 0 aromatic heterocycles. The van der Waals surface area contributed by atoms with Crippen molar-refractivity contribution in [1.82, 2.24) is 5.32 Å². The van der Waals surface area contributed by atoms with Gasteiger partial charge in [-0.1, -0.05) is 0 Å². The van der Waals surface area contributed by atoms with Crippen LogP contribution in [0.25, 0.3) is 0 Å². The lowest BCUT2D eigenvalue weighted by atomic mass is 10.3. The van der Waals surface area contributed by atoms with Gasteiger partial charge in [-0.2, -0.15) is 0 Å². The van der Waals surface area contributed by atoms with Gasteiger partial charge < -0.3 is 21.3 Å². The van der Waals surface area contributed by atoms with E-state index in [1.165, 1.54) is 0 Å². The van der Waals surface area contributed by atoms with Crippen molar-refractivity contribution in [3.05, 3.63) is 0 Å². The highest BCUT2D eigenvalue weighted by Gasteiger charge is 2.15. The summed E-state index contributed by atoms with van der Waals surface area (Å²) >= 11 is 0. The van der Waals surface area contributed by atoms with E-state index in [1.807, 2.05) is 5.32 Å². The minimum Gasteiger partial charge on any atom is -0.480 e. The van der Waals surface area contributed by atoms with Gasteiger partial charge in [-0.25, -0.2) is 4.79 Å². The van der Waals surface area contributed by atoms with E-state index in [4.69, 9.17) is 15.9 Å². The van der Waals surface area contributed by atoms with Gasteiger partial charge >= 0.3 is 17.8 Å². The normalized spacial score (nSPS) is 11.8. The van der Waals surface area contributed by atoms with E-state index in [0.29, 0.717) is 0 Å². The molecule has 12 heavy (non-hydrogen) atoms. The summed E-state index contributed by atoms with van der Waals surface area (Å²) in [5.41, 5.74) is 4.96. The Morgan fingerprint density at radius 3 is 2.17 bits per heavy atom. The van der Waals surface area contributed by atoms with Gasteiger partial charge in [0.1, 0.15) is 6.04 Å². The van der Waals surface area contributed by atoms with E-state index in [1.54, 1.807) is 0 Å². The van der Waals surface area contributed by atoms with Gasteiger partial charge in [0.25, 0.3) is 0 Å². The lowest BCUT2D eigenvalue weighted by Crippen LogP contribution is -2.44. The highest BCUT2D eigenvalue weighted by atomic mass is 16.4. The van der Waals surface area contributed by atoms with Gasteiger partial charge in [0.2, 0.25) is 0 Å². The summed E-state index contributed by atoms with van der Waals surface area (Å²) < 4.78 is 0. The number of aliphatic carboxylic acids is 2. The first-order valence-corrected chi connectivity index (χ1v) is 2.94. The Kier molecular flexibility index (Phi) is 3.71. The molecule has 0 aliphatic carbocycles. The van der Waals surface area contributed by atoms with Gasteiger partial charge in [0.05, 0.1) is 0 Å². The van der Waals surface area contributed by atoms with Crippen molar-refractivity contribution >= 4 is 17.8 Å². The number of hydrogen-bond donors (Lipinski definition) is 4. The van der Waals surface area contributed by atoms with Crippen LogP contribution in [0.1, 0.15) is 0 Å². The molecule has 0 heterocycles. The van der Waals surface area contributed by atoms with Gasteiger partial charge in [-0.3, -0.25) is 9.59 Å². The van der Waals surface area contributed by atoms with Crippen LogP contribution >= 0.6 is 0 Å². The first kappa shape index (κ1) is 10.4. The number of nitrogens with one attached hydrogen (secondary N) is 1. The maximum Gasteiger partial charge on any atom is 0.394 e. The van der Waals surface area contributed by atoms with E-state index in [0.717, 1.165) is 0 Å². The molecule has 0 fully saturated rings. The molecular weight excluding hydrogens is 168 g/mol. The maximum absolute atomic E-state index is 10.3. The van der Waals surface area contributed by atoms with Crippen molar-refractivity contribution in [3.8, 4) is 0 Å². The molecule has 0 saturated heterocycles. The van der Waals surface area contributed by atoms with Crippen molar-refractivity contribution in [2.75, 3.05) is 6.54 Å². The molecule has 0 spiro atoms. The summed E-state index contributed by atoms with van der Waals surface area (Å²) in [5.74, 6) is -4.25. The number of hydrogen-bond acceptors (Lipinski definition) is 4. The molecule has 1 amide bonds. The number of amides is 1. The third kappa shape index (κ3) is 3.52. The molecule has 0 radical (unpaired) electrons. The molecule has 7 nitrogen and oxygen atoms in total. The Morgan fingerprint density at radius 2 is 1.83 bits per heavy atom. The summed E-state index contributed by atoms with van der Waals surface area (Å²) in [6.45, 7) is -0.402. The first-order valence-electron chi connectivity index (χ1n) is 2.94. The monoisotopic (exact) mass is 176 g/mol. The second-order valence-electron chi connectivity index (χ2n) is 1.96. The van der Waals surface area contributed by atoms with Crippen LogP contribution in [0, 0.1) is 0 Å². The lowest BCUT2D eigenvalue weighted by molar-refractivity contribution is -0.150. The summed E-state index contributed by atoms with van der Waals surface area (Å²) in [5, 5.41) is 18.1. The van der Waals surface area contributed by atoms with Crippen molar-refractivity contribution in [2.24, 2.45) is 5.73 Å². The van der Waals surface area contributed by atoms with E-state index in [2.05, 4.69) is 0 Å². The maximum atomic E-state index is 10.3. The third-order valence-electron chi connectivity index (χ3n) is 0.994. The molecule has 0 aromatic carbocycles. The highest BCUT2D eigenvalue weighted by Crippen LogP contribution is 1.75. The Labute approximate surface area is 67.2 Å². The minimum atomic E-state index is -1.67. The number of carbonyl (C=O) groups is 3. The molecular formula is C5H8N2O5. The third-order valence-corrected chi connectivity index (χ3v) is 0.994. The van der Waals surface area contributed by atoms with Gasteiger partial charge in [-0.15, -0.1) is 0 Å². The first-order chi connectivity index (χ1) is 5.45. The largest absolute Gasteiger partial charge is 0.480 e. The average Bonchev–Trinajstić information content (AvgIpc) is 1.98. The van der Waals surface area contributed by atoms with Crippen molar-refractivity contribution in [1.29, 1.82) is 0 Å². The van der Waals surface area contributed by atoms with Crippen molar-refractivity contribution in [2.45, 2.75) is 6.04 Å². The Bertz CT molecular complexity index is 214. The molecule has 0 rings (SSSR count). The topological polar surface area (TPSA) is 130 Å². The van der Waals surface area contributed by atoms with Crippen LogP contribution in [-0.4, -0.2) is 40.6 Å². The molecule has 1 unspecified atom stereocenters. The predicted molar refractivity (Wildman–Crippen MR) is 36.3 cm³/mol. The fourth-order valence-corrected chi connectivity index (χ4v) is 0.366. The second-order valence-corrected chi connectivity index (χ2v) is 1.96. The zero-order valence-electron chi connectivity index (χ0n) is 5.98. The van der Waals surface area contributed by atoms with Gasteiger partial charge in [0, 0.05) is 6.54 Å². The molecule has 5 N–H and O–H groups in total. The van der Waals surface area contributed by atoms with Crippen LogP contribution in [0.5, 0.6) is 0 Å². The van der Waals surface area contributed by atoms with Crippen molar-refractivity contribution in [3.63, 3.8) is 0 Å². The zero-order chi connectivity index (χ0) is 9.72. The fraction of sp³-hybridized carbons (Fsp3) is 0.400. The van der Waals surface area contributed by atoms with E-state index in [-0.39, 0.29) is 0 Å². The average molecular weight is 176 g/mol. The molecule has 68 valence electrons. The Hall–Kier alpha value is -1.63. The fourth-order valence-electron chi connectivity index (χ4n) is 0.366. The summed E-state index contributed by atoms with van der Waals surface area (Å²) in [6, 6.07) is -1.28. The van der Waals surface area contributed by atoms with Crippen LogP contribution in [0.4, 0.5) is 0 Å². The molecule has 0 saturated carbocycles. The van der Waals surface area contributed by atoms with Crippen molar-refractivity contribution < 1.29 is 24.6 Å². The van der Waals surface area contributed by atoms with E-state index < -0.39 is 30.4 Å². The van der Waals surface area contributed by atoms with Gasteiger partial charge in [0.15, 0.2) is 0 Å². The minimum absolute atomic E-state index is 0.402. The molecule has 0 bridgehead atoms. The van der Waals surface area contributed by atoms with Crippen LogP contribution in [0.2, 0.25) is 0 Å². The van der Waals surface area contributed by atoms with Crippen LogP contribution in [0.3, 0.4) is 0 Å². The summed E-state index contributed by atoms with van der Waals surface area (Å²) in [6.07, 6.45) is 0.